The molecule has 0 spiro atoms. The summed E-state index contributed by atoms with van der Waals surface area (Å²) in [6.07, 6.45) is 6.55. The zero-order valence-corrected chi connectivity index (χ0v) is 13.4. The number of hydrogen-bond donors (Lipinski definition) is 1. The average molecular weight is 267 g/mol. The van der Waals surface area contributed by atoms with Gasteiger partial charge in [0.1, 0.15) is 0 Å². The van der Waals surface area contributed by atoms with Gasteiger partial charge in [-0.2, -0.15) is 0 Å². The molecule has 0 aromatic heterocycles. The summed E-state index contributed by atoms with van der Waals surface area (Å²) in [5, 5.41) is 0. The van der Waals surface area contributed by atoms with Crippen molar-refractivity contribution in [2.24, 2.45) is 11.1 Å². The maximum Gasteiger partial charge on any atom is 0.0382 e. The minimum atomic E-state index is 0.228. The number of hydrogen-bond acceptors (Lipinski definition) is 3. The Bertz CT molecular complexity index is 294. The van der Waals surface area contributed by atoms with Gasteiger partial charge in [-0.05, 0) is 57.8 Å². The van der Waals surface area contributed by atoms with E-state index in [0.29, 0.717) is 5.41 Å². The van der Waals surface area contributed by atoms with E-state index in [0.717, 1.165) is 12.6 Å². The molecule has 2 rings (SSSR count). The number of likely N-dealkylation sites (tertiary alicyclic amines) is 1. The van der Waals surface area contributed by atoms with E-state index in [1.54, 1.807) is 0 Å². The Balaban J connectivity index is 2.08. The molecule has 1 aliphatic heterocycles. The fourth-order valence-corrected chi connectivity index (χ4v) is 4.54. The van der Waals surface area contributed by atoms with Gasteiger partial charge in [-0.3, -0.25) is 4.90 Å². The summed E-state index contributed by atoms with van der Waals surface area (Å²) in [4.78, 5) is 5.24. The fourth-order valence-electron chi connectivity index (χ4n) is 4.54. The van der Waals surface area contributed by atoms with Crippen LogP contribution in [-0.2, 0) is 0 Å². The third kappa shape index (κ3) is 2.57. The molecular weight excluding hydrogens is 234 g/mol. The molecule has 2 aliphatic rings. The lowest BCUT2D eigenvalue weighted by molar-refractivity contribution is -0.0175. The van der Waals surface area contributed by atoms with Crippen molar-refractivity contribution < 1.29 is 0 Å². The monoisotopic (exact) mass is 267 g/mol. The van der Waals surface area contributed by atoms with E-state index < -0.39 is 0 Å². The van der Waals surface area contributed by atoms with Crippen LogP contribution in [0.15, 0.2) is 0 Å². The van der Waals surface area contributed by atoms with Crippen LogP contribution in [0.1, 0.15) is 52.9 Å². The predicted molar refractivity (Wildman–Crippen MR) is 82.3 cm³/mol. The Labute approximate surface area is 119 Å². The number of rotatable bonds is 4. The number of likely N-dealkylation sites (N-methyl/N-ethyl adjacent to an activating group) is 1. The van der Waals surface area contributed by atoms with Gasteiger partial charge in [-0.15, -0.1) is 0 Å². The predicted octanol–water partition coefficient (Wildman–Crippen LogP) is 2.31. The minimum Gasteiger partial charge on any atom is -0.329 e. The van der Waals surface area contributed by atoms with Gasteiger partial charge in [0, 0.05) is 18.1 Å². The third-order valence-electron chi connectivity index (χ3n) is 6.22. The first-order chi connectivity index (χ1) is 8.97. The van der Waals surface area contributed by atoms with E-state index in [2.05, 4.69) is 37.6 Å². The molecule has 3 heteroatoms. The Morgan fingerprint density at radius 1 is 1.21 bits per heavy atom. The van der Waals surface area contributed by atoms with Crippen molar-refractivity contribution in [1.82, 2.24) is 9.80 Å². The Morgan fingerprint density at radius 2 is 1.84 bits per heavy atom. The van der Waals surface area contributed by atoms with Gasteiger partial charge in [0.15, 0.2) is 0 Å². The van der Waals surface area contributed by atoms with E-state index in [-0.39, 0.29) is 5.54 Å². The molecule has 0 aromatic carbocycles. The fraction of sp³-hybridized carbons (Fsp3) is 1.00. The van der Waals surface area contributed by atoms with E-state index in [4.69, 9.17) is 5.73 Å². The molecule has 112 valence electrons. The van der Waals surface area contributed by atoms with Crippen molar-refractivity contribution in [2.45, 2.75) is 64.5 Å². The second-order valence-electron chi connectivity index (χ2n) is 7.25. The largest absolute Gasteiger partial charge is 0.329 e. The molecule has 2 fully saturated rings. The molecule has 1 saturated carbocycles. The molecule has 3 nitrogen and oxygen atoms in total. The molecule has 0 amide bonds. The molecule has 1 unspecified atom stereocenters. The first-order valence-electron chi connectivity index (χ1n) is 8.12. The van der Waals surface area contributed by atoms with Crippen LogP contribution in [0.5, 0.6) is 0 Å². The summed E-state index contributed by atoms with van der Waals surface area (Å²) in [6, 6.07) is 0.726. The molecule has 1 saturated heterocycles. The second-order valence-corrected chi connectivity index (χ2v) is 7.25. The van der Waals surface area contributed by atoms with Gasteiger partial charge in [-0.1, -0.05) is 27.2 Å². The maximum atomic E-state index is 6.25. The van der Waals surface area contributed by atoms with Crippen LogP contribution in [0.3, 0.4) is 0 Å². The van der Waals surface area contributed by atoms with Crippen molar-refractivity contribution in [2.75, 3.05) is 33.2 Å². The summed E-state index contributed by atoms with van der Waals surface area (Å²) in [5.41, 5.74) is 6.84. The highest BCUT2D eigenvalue weighted by Crippen LogP contribution is 2.49. The van der Waals surface area contributed by atoms with Crippen LogP contribution >= 0.6 is 0 Å². The smallest absolute Gasteiger partial charge is 0.0382 e. The molecule has 0 radical (unpaired) electrons. The van der Waals surface area contributed by atoms with Gasteiger partial charge >= 0.3 is 0 Å². The van der Waals surface area contributed by atoms with Crippen LogP contribution in [0, 0.1) is 5.41 Å². The molecule has 0 aromatic rings. The Hall–Kier alpha value is -0.120. The van der Waals surface area contributed by atoms with Crippen LogP contribution in [-0.4, -0.2) is 54.6 Å². The number of piperidine rings is 1. The van der Waals surface area contributed by atoms with Gasteiger partial charge in [0.2, 0.25) is 0 Å². The van der Waals surface area contributed by atoms with Crippen LogP contribution in [0.2, 0.25) is 0 Å². The van der Waals surface area contributed by atoms with Gasteiger partial charge in [0.05, 0.1) is 0 Å². The van der Waals surface area contributed by atoms with Crippen molar-refractivity contribution in [3.63, 3.8) is 0 Å². The van der Waals surface area contributed by atoms with Crippen molar-refractivity contribution in [3.05, 3.63) is 0 Å². The quantitative estimate of drug-likeness (QED) is 0.848. The first kappa shape index (κ1) is 15.3. The third-order valence-corrected chi connectivity index (χ3v) is 6.22. The highest BCUT2D eigenvalue weighted by molar-refractivity contribution is 5.08. The summed E-state index contributed by atoms with van der Waals surface area (Å²) in [7, 11) is 2.34. The summed E-state index contributed by atoms with van der Waals surface area (Å²) < 4.78 is 0. The van der Waals surface area contributed by atoms with Crippen LogP contribution in [0.4, 0.5) is 0 Å². The van der Waals surface area contributed by atoms with E-state index in [9.17, 15) is 0 Å². The molecule has 1 aliphatic carbocycles. The number of nitrogens with two attached hydrogens (primary N) is 1. The van der Waals surface area contributed by atoms with Crippen molar-refractivity contribution in [3.8, 4) is 0 Å². The van der Waals surface area contributed by atoms with Crippen LogP contribution < -0.4 is 5.73 Å². The summed E-state index contributed by atoms with van der Waals surface area (Å²) in [5.74, 6) is 0. The zero-order valence-electron chi connectivity index (χ0n) is 13.4. The molecule has 1 atom stereocenters. The summed E-state index contributed by atoms with van der Waals surface area (Å²) in [6.45, 7) is 11.6. The standard InChI is InChI=1S/C16H33N3/c1-5-19-11-7-14(8-12-19)18(4)16(13-17)10-6-9-15(16,2)3/h14H,5-13,17H2,1-4H3. The van der Waals surface area contributed by atoms with E-state index in [1.807, 2.05) is 0 Å². The Morgan fingerprint density at radius 3 is 2.26 bits per heavy atom. The van der Waals surface area contributed by atoms with Crippen molar-refractivity contribution in [1.29, 1.82) is 0 Å². The van der Waals surface area contributed by atoms with Gasteiger partial charge in [-0.25, -0.2) is 0 Å². The topological polar surface area (TPSA) is 32.5 Å². The van der Waals surface area contributed by atoms with Gasteiger partial charge < -0.3 is 10.6 Å². The molecular formula is C16H33N3. The van der Waals surface area contributed by atoms with E-state index >= 15 is 0 Å². The van der Waals surface area contributed by atoms with Crippen molar-refractivity contribution >= 4 is 0 Å². The lowest BCUT2D eigenvalue weighted by atomic mass is 9.73. The normalized spacial score (nSPS) is 33.2. The highest BCUT2D eigenvalue weighted by atomic mass is 15.3. The highest BCUT2D eigenvalue weighted by Gasteiger charge is 2.51. The maximum absolute atomic E-state index is 6.25. The molecule has 19 heavy (non-hydrogen) atoms. The number of nitrogens with zero attached hydrogens (tertiary/aromatic N) is 2. The Kier molecular flexibility index (Phi) is 4.59. The molecule has 2 N–H and O–H groups in total. The lowest BCUT2D eigenvalue weighted by Crippen LogP contribution is -2.62. The molecule has 0 bridgehead atoms. The molecule has 1 heterocycles. The lowest BCUT2D eigenvalue weighted by Gasteiger charge is -2.52. The van der Waals surface area contributed by atoms with Crippen LogP contribution in [0.25, 0.3) is 0 Å². The second kappa shape index (κ2) is 5.71. The minimum absolute atomic E-state index is 0.228. The first-order valence-corrected chi connectivity index (χ1v) is 8.12. The van der Waals surface area contributed by atoms with E-state index in [1.165, 1.54) is 51.7 Å². The van der Waals surface area contributed by atoms with Gasteiger partial charge in [0.25, 0.3) is 0 Å². The summed E-state index contributed by atoms with van der Waals surface area (Å²) >= 11 is 0. The average Bonchev–Trinajstić information content (AvgIpc) is 2.73. The SMILES string of the molecule is CCN1CCC(N(C)C2(CN)CCCC2(C)C)CC1. The zero-order chi connectivity index (χ0) is 14.1.